The van der Waals surface area contributed by atoms with Gasteiger partial charge in [-0.05, 0) is 19.9 Å². The highest BCUT2D eigenvalue weighted by Gasteiger charge is 2.22. The second kappa shape index (κ2) is 4.60. The zero-order valence-corrected chi connectivity index (χ0v) is 10.7. The molecule has 0 aromatic heterocycles. The summed E-state index contributed by atoms with van der Waals surface area (Å²) in [5, 5.41) is 1.56. The molecule has 0 N–H and O–H groups in total. The topological polar surface area (TPSA) is 0 Å². The Labute approximate surface area is 88.7 Å². The van der Waals surface area contributed by atoms with Gasteiger partial charge < -0.3 is 0 Å². The molecule has 0 aliphatic carbocycles. The van der Waals surface area contributed by atoms with Gasteiger partial charge in [-0.3, -0.25) is 0 Å². The van der Waals surface area contributed by atoms with Crippen molar-refractivity contribution < 1.29 is 0 Å². The fourth-order valence-corrected chi connectivity index (χ4v) is 4.69. The van der Waals surface area contributed by atoms with E-state index in [1.54, 1.807) is 5.19 Å². The lowest BCUT2D eigenvalue weighted by Crippen LogP contribution is -2.41. The van der Waals surface area contributed by atoms with Crippen molar-refractivity contribution in [3.05, 3.63) is 42.0 Å². The molecule has 0 heterocycles. The van der Waals surface area contributed by atoms with Crippen LogP contribution in [0, 0.1) is 0 Å². The molecular weight excluding hydrogens is 184 g/mol. The van der Waals surface area contributed by atoms with Gasteiger partial charge in [0, 0.05) is 0 Å². The maximum Gasteiger partial charge on any atom is 0.0845 e. The Morgan fingerprint density at radius 1 is 1.21 bits per heavy atom. The van der Waals surface area contributed by atoms with Crippen molar-refractivity contribution in [3.8, 4) is 0 Å². The van der Waals surface area contributed by atoms with Gasteiger partial charge in [-0.1, -0.05) is 60.3 Å². The minimum absolute atomic E-state index is 1.23. The van der Waals surface area contributed by atoms with E-state index < -0.39 is 8.07 Å². The monoisotopic (exact) mass is 204 g/mol. The van der Waals surface area contributed by atoms with Gasteiger partial charge in [0.25, 0.3) is 0 Å². The van der Waals surface area contributed by atoms with Crippen LogP contribution >= 0.6 is 0 Å². The largest absolute Gasteiger partial charge is 0.0890 e. The number of allylic oxidation sites excluding steroid dienone is 2. The van der Waals surface area contributed by atoms with E-state index in [1.165, 1.54) is 11.6 Å². The predicted molar refractivity (Wildman–Crippen MR) is 67.8 cm³/mol. The molecule has 0 aliphatic rings. The quantitative estimate of drug-likeness (QED) is 0.521. The molecule has 0 amide bonds. The van der Waals surface area contributed by atoms with E-state index in [1.807, 2.05) is 0 Å². The van der Waals surface area contributed by atoms with Crippen LogP contribution < -0.4 is 5.19 Å². The summed E-state index contributed by atoms with van der Waals surface area (Å²) < 4.78 is 0. The Balaban J connectivity index is 2.86. The van der Waals surface area contributed by atoms with Crippen LogP contribution in [0.15, 0.2) is 42.0 Å². The van der Waals surface area contributed by atoms with Crippen LogP contribution in [0.1, 0.15) is 13.8 Å². The molecule has 14 heavy (non-hydrogen) atoms. The number of rotatable bonds is 3. The van der Waals surface area contributed by atoms with Crippen LogP contribution in [0.25, 0.3) is 0 Å². The van der Waals surface area contributed by atoms with E-state index in [0.717, 1.165) is 0 Å². The van der Waals surface area contributed by atoms with E-state index in [0.29, 0.717) is 0 Å². The van der Waals surface area contributed by atoms with Crippen molar-refractivity contribution in [3.63, 3.8) is 0 Å². The van der Waals surface area contributed by atoms with Gasteiger partial charge >= 0.3 is 0 Å². The van der Waals surface area contributed by atoms with Gasteiger partial charge in [-0.15, -0.1) is 0 Å². The van der Waals surface area contributed by atoms with E-state index in [-0.39, 0.29) is 0 Å². The molecular formula is C13H20Si. The lowest BCUT2D eigenvalue weighted by molar-refractivity contribution is 1.30. The van der Waals surface area contributed by atoms with Crippen molar-refractivity contribution in [1.82, 2.24) is 0 Å². The van der Waals surface area contributed by atoms with Gasteiger partial charge in [0.2, 0.25) is 0 Å². The van der Waals surface area contributed by atoms with E-state index in [2.05, 4.69) is 63.3 Å². The van der Waals surface area contributed by atoms with Gasteiger partial charge in [0.05, 0.1) is 8.07 Å². The summed E-state index contributed by atoms with van der Waals surface area (Å²) in [4.78, 5) is 0. The smallest absolute Gasteiger partial charge is 0.0845 e. The summed E-state index contributed by atoms with van der Waals surface area (Å²) in [6.07, 6.45) is 2.23. The summed E-state index contributed by atoms with van der Waals surface area (Å²) >= 11 is 0. The molecule has 0 fully saturated rings. The Morgan fingerprint density at radius 3 is 2.29 bits per heavy atom. The highest BCUT2D eigenvalue weighted by molar-refractivity contribution is 6.90. The second-order valence-corrected chi connectivity index (χ2v) is 9.26. The van der Waals surface area contributed by atoms with E-state index in [4.69, 9.17) is 0 Å². The predicted octanol–water partition coefficient (Wildman–Crippen LogP) is 3.57. The third-order valence-electron chi connectivity index (χ3n) is 2.77. The van der Waals surface area contributed by atoms with Gasteiger partial charge in [0.1, 0.15) is 0 Å². The average Bonchev–Trinajstić information content (AvgIpc) is 2.18. The molecule has 0 saturated carbocycles. The van der Waals surface area contributed by atoms with Crippen LogP contribution in [-0.2, 0) is 0 Å². The van der Waals surface area contributed by atoms with Crippen LogP contribution in [0.3, 0.4) is 0 Å². The van der Waals surface area contributed by atoms with Crippen molar-refractivity contribution in [1.29, 1.82) is 0 Å². The zero-order chi connectivity index (χ0) is 10.6. The Bertz CT molecular complexity index is 309. The third kappa shape index (κ3) is 2.84. The molecule has 1 aromatic rings. The first kappa shape index (κ1) is 11.3. The van der Waals surface area contributed by atoms with Crippen molar-refractivity contribution >= 4 is 13.3 Å². The Kier molecular flexibility index (Phi) is 3.70. The number of hydrogen-bond acceptors (Lipinski definition) is 0. The van der Waals surface area contributed by atoms with Gasteiger partial charge in [-0.25, -0.2) is 0 Å². The molecule has 1 rings (SSSR count). The highest BCUT2D eigenvalue weighted by Crippen LogP contribution is 2.15. The fourth-order valence-electron chi connectivity index (χ4n) is 1.79. The molecule has 0 atom stereocenters. The van der Waals surface area contributed by atoms with Crippen LogP contribution in [0.5, 0.6) is 0 Å². The highest BCUT2D eigenvalue weighted by atomic mass is 28.3. The van der Waals surface area contributed by atoms with Crippen LogP contribution in [-0.4, -0.2) is 8.07 Å². The van der Waals surface area contributed by atoms with Crippen LogP contribution in [0.2, 0.25) is 19.1 Å². The number of benzene rings is 1. The van der Waals surface area contributed by atoms with Gasteiger partial charge in [-0.2, -0.15) is 0 Å². The third-order valence-corrected chi connectivity index (χ3v) is 6.11. The fraction of sp³-hybridized carbons (Fsp3) is 0.385. The lowest BCUT2D eigenvalue weighted by atomic mass is 10.3. The standard InChI is InChI=1S/C13H20Si/c1-5-12(2)11-14(3,4)13-9-7-6-8-10-13/h5-10H,11H2,1-4H3/b12-5-. The van der Waals surface area contributed by atoms with Crippen molar-refractivity contribution in [2.75, 3.05) is 0 Å². The molecule has 0 saturated heterocycles. The summed E-state index contributed by atoms with van der Waals surface area (Å²) in [5.74, 6) is 0. The Hall–Kier alpha value is -0.823. The molecule has 1 aromatic carbocycles. The molecule has 0 aliphatic heterocycles. The van der Waals surface area contributed by atoms with Gasteiger partial charge in [0.15, 0.2) is 0 Å². The van der Waals surface area contributed by atoms with E-state index >= 15 is 0 Å². The molecule has 0 unspecified atom stereocenters. The number of hydrogen-bond donors (Lipinski definition) is 0. The minimum atomic E-state index is -1.23. The normalized spacial score (nSPS) is 13.0. The SMILES string of the molecule is C/C=C(/C)C[Si](C)(C)c1ccccc1. The summed E-state index contributed by atoms with van der Waals surface area (Å²) in [7, 11) is -1.23. The van der Waals surface area contributed by atoms with Crippen LogP contribution in [0.4, 0.5) is 0 Å². The zero-order valence-electron chi connectivity index (χ0n) is 9.67. The maximum absolute atomic E-state index is 2.44. The summed E-state index contributed by atoms with van der Waals surface area (Å²) in [6, 6.07) is 12.2. The van der Waals surface area contributed by atoms with Crippen molar-refractivity contribution in [2.24, 2.45) is 0 Å². The summed E-state index contributed by atoms with van der Waals surface area (Å²) in [5.41, 5.74) is 1.52. The molecule has 0 spiro atoms. The first-order valence-corrected chi connectivity index (χ1v) is 8.44. The molecule has 0 bridgehead atoms. The second-order valence-electron chi connectivity index (χ2n) is 4.56. The maximum atomic E-state index is 2.44. The first-order chi connectivity index (χ1) is 6.56. The molecule has 76 valence electrons. The average molecular weight is 204 g/mol. The molecule has 0 nitrogen and oxygen atoms in total. The van der Waals surface area contributed by atoms with E-state index in [9.17, 15) is 0 Å². The molecule has 1 heteroatoms. The van der Waals surface area contributed by atoms with Crippen molar-refractivity contribution in [2.45, 2.75) is 33.0 Å². The first-order valence-electron chi connectivity index (χ1n) is 5.23. The lowest BCUT2D eigenvalue weighted by Gasteiger charge is -2.23. The molecule has 0 radical (unpaired) electrons. The summed E-state index contributed by atoms with van der Waals surface area (Å²) in [6.45, 7) is 9.24. The Morgan fingerprint density at radius 2 is 1.79 bits per heavy atom. The minimum Gasteiger partial charge on any atom is -0.0890 e.